The van der Waals surface area contributed by atoms with E-state index in [-0.39, 0.29) is 12.8 Å². The van der Waals surface area contributed by atoms with Gasteiger partial charge in [-0.25, -0.2) is 0 Å². The van der Waals surface area contributed by atoms with Gasteiger partial charge < -0.3 is 10.1 Å². The van der Waals surface area contributed by atoms with Gasteiger partial charge in [-0.15, -0.1) is 11.3 Å². The second kappa shape index (κ2) is 9.52. The van der Waals surface area contributed by atoms with E-state index in [0.29, 0.717) is 10.6 Å². The van der Waals surface area contributed by atoms with Crippen LogP contribution in [0.4, 0.5) is 27.0 Å². The fourth-order valence-corrected chi connectivity index (χ4v) is 4.13. The highest BCUT2D eigenvalue weighted by Crippen LogP contribution is 2.39. The van der Waals surface area contributed by atoms with Crippen LogP contribution in [0.1, 0.15) is 54.5 Å². The summed E-state index contributed by atoms with van der Waals surface area (Å²) in [5.41, 5.74) is 1.39. The maximum absolute atomic E-state index is 12.7. The number of ether oxygens (including phenoxy) is 1. The number of carbonyl (C=O) groups excluding carboxylic acids is 2. The van der Waals surface area contributed by atoms with E-state index in [9.17, 15) is 36.8 Å². The predicted octanol–water partition coefficient (Wildman–Crippen LogP) is 4.74. The average Bonchev–Trinajstić information content (AvgIpc) is 2.99. The minimum Gasteiger partial charge on any atom is -0.466 e. The van der Waals surface area contributed by atoms with Gasteiger partial charge in [-0.05, 0) is 37.7 Å². The standard InChI is InChI=1S/C18H19F5N2O3S/c19-17(20,18(21,22)23)8-3-9-28-15(27)7-6-14(26)25-16-12(10-24)11-4-1-2-5-13(11)29-16/h1-9H2,(H,25,26). The number of fused-ring (bicyclic) bond motifs is 1. The van der Waals surface area contributed by atoms with Crippen LogP contribution < -0.4 is 5.32 Å². The minimum absolute atomic E-state index is 0.259. The zero-order valence-electron chi connectivity index (χ0n) is 15.3. The Labute approximate surface area is 167 Å². The van der Waals surface area contributed by atoms with E-state index in [0.717, 1.165) is 36.1 Å². The molecule has 0 saturated carbocycles. The van der Waals surface area contributed by atoms with Crippen molar-refractivity contribution < 1.29 is 36.3 Å². The number of hydrogen-bond donors (Lipinski definition) is 1. The Kier molecular flexibility index (Phi) is 7.57. The van der Waals surface area contributed by atoms with Crippen LogP contribution in [0, 0.1) is 11.3 Å². The molecule has 1 aromatic rings. The minimum atomic E-state index is -5.64. The lowest BCUT2D eigenvalue weighted by molar-refractivity contribution is -0.285. The Hall–Kier alpha value is -2.22. The summed E-state index contributed by atoms with van der Waals surface area (Å²) in [5, 5.41) is 12.4. The molecule has 1 amide bonds. The van der Waals surface area contributed by atoms with E-state index >= 15 is 0 Å². The summed E-state index contributed by atoms with van der Waals surface area (Å²) in [6.07, 6.45) is -4.76. The van der Waals surface area contributed by atoms with Crippen LogP contribution in [0.5, 0.6) is 0 Å². The molecule has 0 unspecified atom stereocenters. The average molecular weight is 438 g/mol. The molecule has 160 valence electrons. The number of esters is 1. The molecular formula is C18H19F5N2O3S. The van der Waals surface area contributed by atoms with Gasteiger partial charge in [-0.1, -0.05) is 0 Å². The highest BCUT2D eigenvalue weighted by Gasteiger charge is 2.56. The Morgan fingerprint density at radius 1 is 1.14 bits per heavy atom. The fourth-order valence-electron chi connectivity index (χ4n) is 2.87. The molecule has 0 fully saturated rings. The molecule has 0 spiro atoms. The first-order valence-corrected chi connectivity index (χ1v) is 9.81. The van der Waals surface area contributed by atoms with E-state index < -0.39 is 43.4 Å². The Balaban J connectivity index is 1.74. The first-order chi connectivity index (χ1) is 13.5. The highest BCUT2D eigenvalue weighted by molar-refractivity contribution is 7.16. The molecule has 0 saturated heterocycles. The van der Waals surface area contributed by atoms with E-state index in [2.05, 4.69) is 16.1 Å². The van der Waals surface area contributed by atoms with Gasteiger partial charge >= 0.3 is 18.1 Å². The molecule has 0 aromatic carbocycles. The molecular weight excluding hydrogens is 419 g/mol. The van der Waals surface area contributed by atoms with Gasteiger partial charge in [0.15, 0.2) is 0 Å². The molecule has 1 aromatic heterocycles. The predicted molar refractivity (Wildman–Crippen MR) is 94.7 cm³/mol. The zero-order valence-corrected chi connectivity index (χ0v) is 16.2. The SMILES string of the molecule is N#Cc1c(NC(=O)CCC(=O)OCCCC(F)(F)C(F)(F)F)sc2c1CCCC2. The monoisotopic (exact) mass is 438 g/mol. The Bertz CT molecular complexity index is 799. The molecule has 11 heteroatoms. The Morgan fingerprint density at radius 2 is 1.83 bits per heavy atom. The van der Waals surface area contributed by atoms with Crippen LogP contribution in [0.25, 0.3) is 0 Å². The van der Waals surface area contributed by atoms with Crippen molar-refractivity contribution in [2.24, 2.45) is 0 Å². The molecule has 1 aliphatic rings. The number of hydrogen-bond acceptors (Lipinski definition) is 5. The quantitative estimate of drug-likeness (QED) is 0.361. The summed E-state index contributed by atoms with van der Waals surface area (Å²) in [6, 6.07) is 2.09. The van der Waals surface area contributed by atoms with Gasteiger partial charge in [0, 0.05) is 17.7 Å². The number of nitriles is 1. The molecule has 0 radical (unpaired) electrons. The van der Waals surface area contributed by atoms with Crippen molar-refractivity contribution in [2.75, 3.05) is 11.9 Å². The number of nitrogens with one attached hydrogen (secondary N) is 1. The van der Waals surface area contributed by atoms with Gasteiger partial charge in [-0.2, -0.15) is 27.2 Å². The lowest BCUT2D eigenvalue weighted by atomic mass is 9.96. The van der Waals surface area contributed by atoms with Crippen LogP contribution >= 0.6 is 11.3 Å². The largest absolute Gasteiger partial charge is 0.466 e. The zero-order chi connectivity index (χ0) is 21.7. The molecule has 0 aliphatic heterocycles. The lowest BCUT2D eigenvalue weighted by Crippen LogP contribution is -2.36. The summed E-state index contributed by atoms with van der Waals surface area (Å²) < 4.78 is 66.1. The van der Waals surface area contributed by atoms with E-state index in [4.69, 9.17) is 0 Å². The van der Waals surface area contributed by atoms with E-state index in [1.807, 2.05) is 0 Å². The van der Waals surface area contributed by atoms with Gasteiger partial charge in [0.2, 0.25) is 5.91 Å². The number of thiophene rings is 1. The summed E-state index contributed by atoms with van der Waals surface area (Å²) in [5.74, 6) is -6.22. The number of amides is 1. The first kappa shape index (κ1) is 23.1. The van der Waals surface area contributed by atoms with Gasteiger partial charge in [0.1, 0.15) is 11.1 Å². The van der Waals surface area contributed by atoms with E-state index in [1.165, 1.54) is 11.3 Å². The molecule has 0 atom stereocenters. The first-order valence-electron chi connectivity index (χ1n) is 9.00. The lowest BCUT2D eigenvalue weighted by Gasteiger charge is -2.19. The van der Waals surface area contributed by atoms with Crippen LogP contribution in [0.15, 0.2) is 0 Å². The van der Waals surface area contributed by atoms with Crippen LogP contribution in [-0.4, -0.2) is 30.6 Å². The second-order valence-corrected chi connectivity index (χ2v) is 7.71. The molecule has 1 aliphatic carbocycles. The van der Waals surface area contributed by atoms with Gasteiger partial charge in [-0.3, -0.25) is 9.59 Å². The maximum atomic E-state index is 12.7. The van der Waals surface area contributed by atoms with Crippen molar-refractivity contribution in [3.05, 3.63) is 16.0 Å². The van der Waals surface area contributed by atoms with Crippen molar-refractivity contribution >= 4 is 28.2 Å². The summed E-state index contributed by atoms with van der Waals surface area (Å²) in [4.78, 5) is 24.6. The summed E-state index contributed by atoms with van der Waals surface area (Å²) >= 11 is 1.34. The van der Waals surface area contributed by atoms with Crippen molar-refractivity contribution in [1.82, 2.24) is 0 Å². The van der Waals surface area contributed by atoms with Crippen LogP contribution in [0.3, 0.4) is 0 Å². The molecule has 5 nitrogen and oxygen atoms in total. The molecule has 1 N–H and O–H groups in total. The number of anilines is 1. The third kappa shape index (κ3) is 6.13. The number of rotatable bonds is 8. The van der Waals surface area contributed by atoms with Crippen LogP contribution in [-0.2, 0) is 27.2 Å². The third-order valence-corrected chi connectivity index (χ3v) is 5.61. The van der Waals surface area contributed by atoms with Crippen molar-refractivity contribution in [2.45, 2.75) is 63.5 Å². The number of halogens is 5. The summed E-state index contributed by atoms with van der Waals surface area (Å²) in [6.45, 7) is -0.595. The topological polar surface area (TPSA) is 79.2 Å². The fraction of sp³-hybridized carbons (Fsp3) is 0.611. The second-order valence-electron chi connectivity index (χ2n) is 6.60. The summed E-state index contributed by atoms with van der Waals surface area (Å²) in [7, 11) is 0. The van der Waals surface area contributed by atoms with Crippen LogP contribution in [0.2, 0.25) is 0 Å². The maximum Gasteiger partial charge on any atom is 0.453 e. The molecule has 29 heavy (non-hydrogen) atoms. The molecule has 1 heterocycles. The Morgan fingerprint density at radius 3 is 2.48 bits per heavy atom. The number of aryl methyl sites for hydroxylation is 1. The van der Waals surface area contributed by atoms with Gasteiger partial charge in [0.05, 0.1) is 18.6 Å². The smallest absolute Gasteiger partial charge is 0.453 e. The van der Waals surface area contributed by atoms with Crippen molar-refractivity contribution in [1.29, 1.82) is 5.26 Å². The highest BCUT2D eigenvalue weighted by atomic mass is 32.1. The molecule has 2 rings (SSSR count). The normalized spacial score (nSPS) is 14.1. The van der Waals surface area contributed by atoms with Gasteiger partial charge in [0.25, 0.3) is 0 Å². The number of carbonyl (C=O) groups is 2. The number of alkyl halides is 5. The van der Waals surface area contributed by atoms with Crippen molar-refractivity contribution in [3.63, 3.8) is 0 Å². The third-order valence-electron chi connectivity index (χ3n) is 4.41. The van der Waals surface area contributed by atoms with E-state index in [1.54, 1.807) is 0 Å². The number of nitrogens with zero attached hydrogens (tertiary/aromatic N) is 1. The molecule has 0 bridgehead atoms. The van der Waals surface area contributed by atoms with Crippen molar-refractivity contribution in [3.8, 4) is 6.07 Å².